The zero-order valence-electron chi connectivity index (χ0n) is 6.26. The number of nitrogens with zero attached hydrogens (tertiary/aromatic N) is 1. The standard InChI is InChI=1S/C4H3NS2.C2H7N/c1-6-4-2-3(5-2)7-4;1-3-2/h1H3;3H,1-2H3. The average molecular weight is 174 g/mol. The van der Waals surface area contributed by atoms with Gasteiger partial charge in [0.15, 0.2) is 0 Å². The second kappa shape index (κ2) is 3.37. The second-order valence-corrected chi connectivity index (χ2v) is 3.93. The molecule has 0 unspecified atom stereocenters. The smallest absolute Gasteiger partial charge is 0.145 e. The van der Waals surface area contributed by atoms with Gasteiger partial charge in [0.1, 0.15) is 10.7 Å². The molecular weight excluding hydrogens is 164 g/mol. The van der Waals surface area contributed by atoms with E-state index in [1.54, 1.807) is 23.1 Å². The second-order valence-electron chi connectivity index (χ2n) is 1.86. The molecule has 56 valence electrons. The largest absolute Gasteiger partial charge is 0.323 e. The molecule has 0 aromatic rings. The zero-order chi connectivity index (χ0) is 7.56. The van der Waals surface area contributed by atoms with Gasteiger partial charge in [-0.2, -0.15) is 0 Å². The van der Waals surface area contributed by atoms with E-state index in [4.69, 9.17) is 0 Å². The van der Waals surface area contributed by atoms with Crippen LogP contribution in [0, 0.1) is 0 Å². The Balaban J connectivity index is 0.000000148. The summed E-state index contributed by atoms with van der Waals surface area (Å²) in [6, 6.07) is 0. The minimum Gasteiger partial charge on any atom is -0.323 e. The number of aromatic nitrogens is 1. The van der Waals surface area contributed by atoms with Crippen LogP contribution in [0.25, 0.3) is 10.7 Å². The molecule has 2 nitrogen and oxygen atoms in total. The van der Waals surface area contributed by atoms with E-state index < -0.39 is 0 Å². The third kappa shape index (κ3) is 1.51. The summed E-state index contributed by atoms with van der Waals surface area (Å²) < 4.78 is 1.40. The van der Waals surface area contributed by atoms with Gasteiger partial charge >= 0.3 is 0 Å². The van der Waals surface area contributed by atoms with Crippen LogP contribution in [-0.4, -0.2) is 25.3 Å². The predicted molar refractivity (Wildman–Crippen MR) is 47.9 cm³/mol. The molecule has 0 radical (unpaired) electrons. The Hall–Kier alpha value is -0.0600. The van der Waals surface area contributed by atoms with E-state index in [1.165, 1.54) is 14.9 Å². The maximum atomic E-state index is 4.06. The lowest BCUT2D eigenvalue weighted by Crippen LogP contribution is -1.89. The number of thiazole rings is 1. The Morgan fingerprint density at radius 1 is 1.50 bits per heavy atom. The molecule has 2 heterocycles. The molecule has 0 atom stereocenters. The van der Waals surface area contributed by atoms with E-state index >= 15 is 0 Å². The van der Waals surface area contributed by atoms with Gasteiger partial charge in [0.2, 0.25) is 0 Å². The Kier molecular flexibility index (Phi) is 2.71. The van der Waals surface area contributed by atoms with E-state index in [1.807, 2.05) is 14.1 Å². The van der Waals surface area contributed by atoms with Gasteiger partial charge < -0.3 is 5.32 Å². The topological polar surface area (TPSA) is 24.9 Å². The van der Waals surface area contributed by atoms with Crippen LogP contribution in [0.2, 0.25) is 0 Å². The maximum Gasteiger partial charge on any atom is 0.145 e. The first-order chi connectivity index (χ1) is 4.83. The van der Waals surface area contributed by atoms with Gasteiger partial charge in [-0.3, -0.25) is 0 Å². The monoisotopic (exact) mass is 174 g/mol. The summed E-state index contributed by atoms with van der Waals surface area (Å²) in [6.07, 6.45) is 2.08. The van der Waals surface area contributed by atoms with E-state index in [0.29, 0.717) is 0 Å². The SMILES string of the molecule is CNC.CSc1sc2nc1-2. The van der Waals surface area contributed by atoms with Gasteiger partial charge in [-0.15, -0.1) is 23.1 Å². The minimum absolute atomic E-state index is 1.27. The molecule has 0 saturated heterocycles. The van der Waals surface area contributed by atoms with Gasteiger partial charge in [-0.05, 0) is 20.4 Å². The average Bonchev–Trinajstić information content (AvgIpc) is 2.46. The summed E-state index contributed by atoms with van der Waals surface area (Å²) in [4.78, 5) is 4.06. The van der Waals surface area contributed by atoms with E-state index in [-0.39, 0.29) is 0 Å². The summed E-state index contributed by atoms with van der Waals surface area (Å²) in [5.41, 5.74) is 1.28. The molecule has 0 saturated carbocycles. The van der Waals surface area contributed by atoms with Crippen molar-refractivity contribution in [2.75, 3.05) is 20.4 Å². The van der Waals surface area contributed by atoms with Crippen molar-refractivity contribution >= 4 is 23.1 Å². The number of nitrogens with one attached hydrogen (secondary N) is 1. The van der Waals surface area contributed by atoms with Crippen molar-refractivity contribution in [3.8, 4) is 10.7 Å². The van der Waals surface area contributed by atoms with Gasteiger partial charge in [-0.1, -0.05) is 0 Å². The van der Waals surface area contributed by atoms with Crippen LogP contribution in [0.3, 0.4) is 0 Å². The molecule has 0 spiro atoms. The fourth-order valence-corrected chi connectivity index (χ4v) is 2.07. The first kappa shape index (κ1) is 8.04. The van der Waals surface area contributed by atoms with Crippen LogP contribution in [0.1, 0.15) is 0 Å². The number of fused-ring (bicyclic) bond motifs is 1. The Labute approximate surface area is 69.1 Å². The van der Waals surface area contributed by atoms with Gasteiger partial charge in [0.25, 0.3) is 0 Å². The quantitative estimate of drug-likeness (QED) is 0.666. The van der Waals surface area contributed by atoms with Crippen molar-refractivity contribution in [1.82, 2.24) is 10.3 Å². The summed E-state index contributed by atoms with van der Waals surface area (Å²) in [5, 5.41) is 4.02. The molecule has 0 aliphatic carbocycles. The van der Waals surface area contributed by atoms with Crippen molar-refractivity contribution in [3.63, 3.8) is 0 Å². The van der Waals surface area contributed by atoms with Crippen LogP contribution in [-0.2, 0) is 0 Å². The zero-order valence-corrected chi connectivity index (χ0v) is 7.90. The first-order valence-corrected chi connectivity index (χ1v) is 5.01. The molecule has 2 aliphatic rings. The Morgan fingerprint density at radius 3 is 2.20 bits per heavy atom. The third-order valence-corrected chi connectivity index (χ3v) is 3.10. The van der Waals surface area contributed by atoms with E-state index in [0.717, 1.165) is 0 Å². The fraction of sp³-hybridized carbons (Fsp3) is 0.500. The number of hydrogen-bond donors (Lipinski definition) is 1. The third-order valence-electron chi connectivity index (χ3n) is 0.934. The lowest BCUT2D eigenvalue weighted by atomic mass is 10.7. The highest BCUT2D eigenvalue weighted by Gasteiger charge is 2.26. The van der Waals surface area contributed by atoms with Crippen LogP contribution in [0.5, 0.6) is 0 Å². The molecule has 0 aromatic carbocycles. The van der Waals surface area contributed by atoms with Crippen LogP contribution in [0.4, 0.5) is 0 Å². The Bertz CT molecular complexity index is 220. The highest BCUT2D eigenvalue weighted by molar-refractivity contribution is 8.01. The number of rotatable bonds is 1. The first-order valence-electron chi connectivity index (χ1n) is 2.97. The summed E-state index contributed by atoms with van der Waals surface area (Å²) in [7, 11) is 3.75. The molecule has 0 amide bonds. The van der Waals surface area contributed by atoms with Crippen molar-refractivity contribution in [2.24, 2.45) is 0 Å². The molecule has 0 bridgehead atoms. The van der Waals surface area contributed by atoms with Gasteiger partial charge in [0, 0.05) is 0 Å². The number of thioether (sulfide) groups is 1. The molecule has 2 rings (SSSR count). The van der Waals surface area contributed by atoms with Crippen LogP contribution < -0.4 is 5.32 Å². The van der Waals surface area contributed by atoms with E-state index in [2.05, 4.69) is 16.6 Å². The molecule has 0 aromatic heterocycles. The van der Waals surface area contributed by atoms with Gasteiger partial charge in [0.05, 0.1) is 4.21 Å². The lowest BCUT2D eigenvalue weighted by molar-refractivity contribution is 1.02. The molecule has 2 aliphatic heterocycles. The lowest BCUT2D eigenvalue weighted by Gasteiger charge is -1.90. The summed E-state index contributed by atoms with van der Waals surface area (Å²) in [6.45, 7) is 0. The minimum atomic E-state index is 1.27. The normalized spacial score (nSPS) is 10.3. The summed E-state index contributed by atoms with van der Waals surface area (Å²) >= 11 is 3.58. The van der Waals surface area contributed by atoms with E-state index in [9.17, 15) is 0 Å². The predicted octanol–water partition coefficient (Wildman–Crippen LogP) is 1.68. The fourth-order valence-electron chi connectivity index (χ4n) is 0.506. The maximum absolute atomic E-state index is 4.06. The molecule has 0 fully saturated rings. The highest BCUT2D eigenvalue weighted by Crippen LogP contribution is 2.48. The summed E-state index contributed by atoms with van der Waals surface area (Å²) in [5.74, 6) is 0. The van der Waals surface area contributed by atoms with Crippen LogP contribution >= 0.6 is 23.1 Å². The molecular formula is C6H10N2S2. The molecule has 4 heteroatoms. The van der Waals surface area contributed by atoms with Gasteiger partial charge in [-0.25, -0.2) is 4.98 Å². The van der Waals surface area contributed by atoms with Crippen molar-refractivity contribution in [3.05, 3.63) is 0 Å². The van der Waals surface area contributed by atoms with Crippen molar-refractivity contribution < 1.29 is 0 Å². The van der Waals surface area contributed by atoms with Crippen molar-refractivity contribution in [2.45, 2.75) is 4.21 Å². The number of hydrogen-bond acceptors (Lipinski definition) is 4. The highest BCUT2D eigenvalue weighted by atomic mass is 32.2. The van der Waals surface area contributed by atoms with Crippen molar-refractivity contribution in [1.29, 1.82) is 0 Å². The van der Waals surface area contributed by atoms with Crippen LogP contribution in [0.15, 0.2) is 4.21 Å². The molecule has 1 N–H and O–H groups in total. The Morgan fingerprint density at radius 2 is 2.10 bits per heavy atom. The molecule has 10 heavy (non-hydrogen) atoms.